The fraction of sp³-hybridized carbons (Fsp3) is 0.700. The van der Waals surface area contributed by atoms with Gasteiger partial charge in [-0.25, -0.2) is 0 Å². The maximum atomic E-state index is 11.3. The highest BCUT2D eigenvalue weighted by Gasteiger charge is 2.27. The fourth-order valence-electron chi connectivity index (χ4n) is 1.58. The second-order valence-corrected chi connectivity index (χ2v) is 3.83. The Morgan fingerprint density at radius 2 is 2.08 bits per heavy atom. The monoisotopic (exact) mass is 168 g/mol. The van der Waals surface area contributed by atoms with Crippen LogP contribution >= 0.6 is 0 Å². The van der Waals surface area contributed by atoms with E-state index in [4.69, 9.17) is 0 Å². The molecular formula is C10H16O2. The summed E-state index contributed by atoms with van der Waals surface area (Å²) in [6.07, 6.45) is 1.76. The Labute approximate surface area is 73.3 Å². The van der Waals surface area contributed by atoms with Crippen LogP contribution in [0.2, 0.25) is 0 Å². The molecule has 0 aromatic heterocycles. The van der Waals surface area contributed by atoms with Gasteiger partial charge in [-0.2, -0.15) is 0 Å². The summed E-state index contributed by atoms with van der Waals surface area (Å²) in [6, 6.07) is 0. The van der Waals surface area contributed by atoms with Crippen molar-refractivity contribution in [2.75, 3.05) is 0 Å². The maximum absolute atomic E-state index is 11.3. The highest BCUT2D eigenvalue weighted by molar-refractivity contribution is 5.96. The van der Waals surface area contributed by atoms with Crippen LogP contribution in [0.15, 0.2) is 11.3 Å². The van der Waals surface area contributed by atoms with Crippen molar-refractivity contribution in [3.63, 3.8) is 0 Å². The Balaban J connectivity index is 2.93. The van der Waals surface area contributed by atoms with Crippen LogP contribution in [-0.4, -0.2) is 10.9 Å². The molecule has 2 nitrogen and oxygen atoms in total. The number of aliphatic hydroxyl groups is 1. The second kappa shape index (κ2) is 3.30. The van der Waals surface area contributed by atoms with E-state index in [9.17, 15) is 9.90 Å². The number of Topliss-reactive ketones (excluding diaryl/α,β-unsaturated/α-hetero) is 1. The summed E-state index contributed by atoms with van der Waals surface area (Å²) in [5.74, 6) is 0.252. The number of ketones is 1. The minimum Gasteiger partial charge on any atom is -0.504 e. The molecule has 0 spiro atoms. The molecule has 12 heavy (non-hydrogen) atoms. The van der Waals surface area contributed by atoms with Gasteiger partial charge in [-0.05, 0) is 24.3 Å². The van der Waals surface area contributed by atoms with Crippen molar-refractivity contribution in [3.05, 3.63) is 11.3 Å². The molecule has 0 radical (unpaired) electrons. The normalized spacial score (nSPS) is 25.3. The van der Waals surface area contributed by atoms with Crippen LogP contribution in [0.1, 0.15) is 33.6 Å². The third-order valence-corrected chi connectivity index (χ3v) is 2.53. The van der Waals surface area contributed by atoms with Crippen LogP contribution in [0.3, 0.4) is 0 Å². The molecule has 1 atom stereocenters. The fourth-order valence-corrected chi connectivity index (χ4v) is 1.58. The van der Waals surface area contributed by atoms with Gasteiger partial charge in [-0.1, -0.05) is 20.8 Å². The van der Waals surface area contributed by atoms with E-state index in [0.717, 1.165) is 18.4 Å². The molecule has 1 N–H and O–H groups in total. The van der Waals surface area contributed by atoms with Gasteiger partial charge in [0.05, 0.1) is 0 Å². The zero-order chi connectivity index (χ0) is 9.30. The predicted molar refractivity (Wildman–Crippen MR) is 47.9 cm³/mol. The average Bonchev–Trinajstić information content (AvgIpc) is 2.00. The highest BCUT2D eigenvalue weighted by Crippen LogP contribution is 2.29. The number of carbonyl (C=O) groups is 1. The van der Waals surface area contributed by atoms with Gasteiger partial charge in [0, 0.05) is 5.92 Å². The summed E-state index contributed by atoms with van der Waals surface area (Å²) >= 11 is 0. The van der Waals surface area contributed by atoms with Crippen LogP contribution in [0.5, 0.6) is 0 Å². The molecule has 0 aromatic carbocycles. The van der Waals surface area contributed by atoms with E-state index in [2.05, 4.69) is 0 Å². The molecular weight excluding hydrogens is 152 g/mol. The van der Waals surface area contributed by atoms with E-state index < -0.39 is 0 Å². The van der Waals surface area contributed by atoms with Crippen molar-refractivity contribution in [1.82, 2.24) is 0 Å². The van der Waals surface area contributed by atoms with E-state index in [1.165, 1.54) is 0 Å². The van der Waals surface area contributed by atoms with Crippen molar-refractivity contribution in [2.45, 2.75) is 33.6 Å². The van der Waals surface area contributed by atoms with E-state index in [-0.39, 0.29) is 17.5 Å². The summed E-state index contributed by atoms with van der Waals surface area (Å²) in [7, 11) is 0. The van der Waals surface area contributed by atoms with Gasteiger partial charge >= 0.3 is 0 Å². The van der Waals surface area contributed by atoms with E-state index >= 15 is 0 Å². The first-order valence-corrected chi connectivity index (χ1v) is 4.50. The van der Waals surface area contributed by atoms with E-state index in [1.807, 2.05) is 20.8 Å². The predicted octanol–water partition coefficient (Wildman–Crippen LogP) is 2.45. The Morgan fingerprint density at radius 1 is 1.50 bits per heavy atom. The van der Waals surface area contributed by atoms with Gasteiger partial charge in [0.15, 0.2) is 11.5 Å². The first-order valence-electron chi connectivity index (χ1n) is 4.50. The van der Waals surface area contributed by atoms with Gasteiger partial charge < -0.3 is 5.11 Å². The Bertz CT molecular complexity index is 226. The van der Waals surface area contributed by atoms with Crippen molar-refractivity contribution in [2.24, 2.45) is 11.8 Å². The Morgan fingerprint density at radius 3 is 2.58 bits per heavy atom. The minimum atomic E-state index is -0.0787. The van der Waals surface area contributed by atoms with Gasteiger partial charge in [-0.15, -0.1) is 0 Å². The van der Waals surface area contributed by atoms with E-state index in [0.29, 0.717) is 5.92 Å². The number of carbonyl (C=O) groups excluding carboxylic acids is 1. The summed E-state index contributed by atoms with van der Waals surface area (Å²) in [4.78, 5) is 11.3. The minimum absolute atomic E-state index is 0.00694. The van der Waals surface area contributed by atoms with Gasteiger partial charge in [0.25, 0.3) is 0 Å². The smallest absolute Gasteiger partial charge is 0.199 e. The molecule has 0 aliphatic heterocycles. The second-order valence-electron chi connectivity index (χ2n) is 3.83. The molecule has 1 rings (SSSR count). The zero-order valence-corrected chi connectivity index (χ0v) is 7.92. The van der Waals surface area contributed by atoms with Crippen LogP contribution < -0.4 is 0 Å². The van der Waals surface area contributed by atoms with Crippen molar-refractivity contribution in [1.29, 1.82) is 0 Å². The maximum Gasteiger partial charge on any atom is 0.199 e. The van der Waals surface area contributed by atoms with Gasteiger partial charge in [-0.3, -0.25) is 4.79 Å². The first-order chi connectivity index (χ1) is 5.54. The topological polar surface area (TPSA) is 37.3 Å². The van der Waals surface area contributed by atoms with Crippen molar-refractivity contribution in [3.8, 4) is 0 Å². The van der Waals surface area contributed by atoms with Crippen molar-refractivity contribution >= 4 is 5.78 Å². The lowest BCUT2D eigenvalue weighted by Crippen LogP contribution is -2.22. The Kier molecular flexibility index (Phi) is 2.55. The quantitative estimate of drug-likeness (QED) is 0.653. The SMILES string of the molecule is CC(C)C1=C(O)C(=O)[C@H](C)CC1. The van der Waals surface area contributed by atoms with Crippen LogP contribution in [-0.2, 0) is 4.79 Å². The number of hydrogen-bond acceptors (Lipinski definition) is 2. The summed E-state index contributed by atoms with van der Waals surface area (Å²) in [5, 5.41) is 9.51. The number of hydrogen-bond donors (Lipinski definition) is 1. The third-order valence-electron chi connectivity index (χ3n) is 2.53. The number of aliphatic hydroxyl groups excluding tert-OH is 1. The van der Waals surface area contributed by atoms with Crippen molar-refractivity contribution < 1.29 is 9.90 Å². The van der Waals surface area contributed by atoms with Gasteiger partial charge in [0.2, 0.25) is 0 Å². The molecule has 1 aliphatic rings. The summed E-state index contributed by atoms with van der Waals surface area (Å²) in [6.45, 7) is 5.89. The van der Waals surface area contributed by atoms with Gasteiger partial charge in [0.1, 0.15) is 0 Å². The first kappa shape index (κ1) is 9.30. The Hall–Kier alpha value is -0.790. The average molecular weight is 168 g/mol. The molecule has 0 saturated heterocycles. The number of allylic oxidation sites excluding steroid dienone is 2. The zero-order valence-electron chi connectivity index (χ0n) is 7.92. The largest absolute Gasteiger partial charge is 0.504 e. The van der Waals surface area contributed by atoms with Crippen LogP contribution in [0.25, 0.3) is 0 Å². The summed E-state index contributed by atoms with van der Waals surface area (Å²) in [5.41, 5.74) is 0.929. The standard InChI is InChI=1S/C10H16O2/c1-6(2)8-5-4-7(3)9(11)10(8)12/h6-7,12H,4-5H2,1-3H3/t7-/m1/s1. The number of rotatable bonds is 1. The third kappa shape index (κ3) is 1.52. The van der Waals surface area contributed by atoms with E-state index in [1.54, 1.807) is 0 Å². The lowest BCUT2D eigenvalue weighted by atomic mass is 9.84. The molecule has 1 aliphatic carbocycles. The molecule has 0 heterocycles. The summed E-state index contributed by atoms with van der Waals surface area (Å²) < 4.78 is 0. The van der Waals surface area contributed by atoms with Crippen LogP contribution in [0, 0.1) is 11.8 Å². The lowest BCUT2D eigenvalue weighted by Gasteiger charge is -2.22. The highest BCUT2D eigenvalue weighted by atomic mass is 16.3. The molecule has 0 saturated carbocycles. The molecule has 0 amide bonds. The lowest BCUT2D eigenvalue weighted by molar-refractivity contribution is -0.122. The molecule has 68 valence electrons. The molecule has 0 bridgehead atoms. The van der Waals surface area contributed by atoms with Crippen LogP contribution in [0.4, 0.5) is 0 Å². The molecule has 0 fully saturated rings. The molecule has 0 unspecified atom stereocenters. The molecule has 0 aromatic rings. The molecule has 2 heteroatoms.